The highest BCUT2D eigenvalue weighted by molar-refractivity contribution is 5.11. The van der Waals surface area contributed by atoms with Crippen molar-refractivity contribution >= 4 is 0 Å². The lowest BCUT2D eigenvalue weighted by Gasteiger charge is -2.47. The van der Waals surface area contributed by atoms with Gasteiger partial charge >= 0.3 is 0 Å². The average Bonchev–Trinajstić information content (AvgIpc) is 2.98. The Labute approximate surface area is 116 Å². The number of nitrogens with one attached hydrogen (secondary N) is 1. The molecule has 2 unspecified atom stereocenters. The van der Waals surface area contributed by atoms with Crippen LogP contribution < -0.4 is 11.3 Å². The van der Waals surface area contributed by atoms with Crippen LogP contribution in [0.1, 0.15) is 45.1 Å². The molecule has 108 valence electrons. The predicted octanol–water partition coefficient (Wildman–Crippen LogP) is 2.31. The fraction of sp³-hybridized carbons (Fsp3) is 0.733. The van der Waals surface area contributed by atoms with E-state index in [1.807, 2.05) is 12.3 Å². The fourth-order valence-corrected chi connectivity index (χ4v) is 3.20. The van der Waals surface area contributed by atoms with Gasteiger partial charge in [0.15, 0.2) is 0 Å². The van der Waals surface area contributed by atoms with E-state index in [1.54, 1.807) is 6.26 Å². The van der Waals surface area contributed by atoms with Gasteiger partial charge in [-0.3, -0.25) is 16.2 Å². The molecule has 19 heavy (non-hydrogen) atoms. The van der Waals surface area contributed by atoms with Crippen LogP contribution in [-0.4, -0.2) is 29.6 Å². The first kappa shape index (κ1) is 14.6. The smallest absolute Gasteiger partial charge is 0.0935 e. The Morgan fingerprint density at radius 1 is 1.42 bits per heavy atom. The molecule has 1 aromatic heterocycles. The molecule has 0 spiro atoms. The van der Waals surface area contributed by atoms with Gasteiger partial charge in [0.1, 0.15) is 0 Å². The van der Waals surface area contributed by atoms with E-state index in [-0.39, 0.29) is 11.6 Å². The van der Waals surface area contributed by atoms with Crippen LogP contribution in [0.4, 0.5) is 0 Å². The highest BCUT2D eigenvalue weighted by atomic mass is 16.3. The lowest BCUT2D eigenvalue weighted by molar-refractivity contribution is 0.0429. The summed E-state index contributed by atoms with van der Waals surface area (Å²) in [5.41, 5.74) is 4.36. The number of rotatable bonds is 6. The summed E-state index contributed by atoms with van der Waals surface area (Å²) in [6, 6.07) is 2.27. The maximum atomic E-state index is 5.85. The lowest BCUT2D eigenvalue weighted by atomic mass is 9.83. The molecule has 1 aliphatic heterocycles. The monoisotopic (exact) mass is 265 g/mol. The van der Waals surface area contributed by atoms with Gasteiger partial charge in [0, 0.05) is 11.6 Å². The zero-order valence-corrected chi connectivity index (χ0v) is 12.2. The second kappa shape index (κ2) is 6.55. The number of furan rings is 1. The number of hydrogen-bond acceptors (Lipinski definition) is 4. The normalized spacial score (nSPS) is 22.1. The van der Waals surface area contributed by atoms with Crippen molar-refractivity contribution in [3.05, 3.63) is 24.2 Å². The first-order valence-electron chi connectivity index (χ1n) is 7.43. The number of nitrogens with two attached hydrogens (primary N) is 1. The van der Waals surface area contributed by atoms with Crippen molar-refractivity contribution in [2.75, 3.05) is 13.1 Å². The van der Waals surface area contributed by atoms with Gasteiger partial charge < -0.3 is 4.42 Å². The van der Waals surface area contributed by atoms with Crippen molar-refractivity contribution in [2.24, 2.45) is 5.84 Å². The molecule has 2 heterocycles. The molecule has 1 aromatic rings. The summed E-state index contributed by atoms with van der Waals surface area (Å²) in [6.45, 7) is 6.97. The van der Waals surface area contributed by atoms with E-state index in [4.69, 9.17) is 10.3 Å². The minimum Gasteiger partial charge on any atom is -0.472 e. The van der Waals surface area contributed by atoms with Crippen LogP contribution in [0, 0.1) is 0 Å². The Kier molecular flexibility index (Phi) is 5.02. The SMILES string of the molecule is CCC(C)(C(Cc1ccoc1)NN)N1CCCCC1. The van der Waals surface area contributed by atoms with Gasteiger partial charge in [0.05, 0.1) is 12.5 Å². The molecule has 0 amide bonds. The fourth-order valence-electron chi connectivity index (χ4n) is 3.20. The molecular weight excluding hydrogens is 238 g/mol. The average molecular weight is 265 g/mol. The number of hydrazine groups is 1. The van der Waals surface area contributed by atoms with E-state index in [0.717, 1.165) is 12.8 Å². The van der Waals surface area contributed by atoms with Gasteiger partial charge in [-0.05, 0) is 57.3 Å². The van der Waals surface area contributed by atoms with Crippen molar-refractivity contribution in [2.45, 2.75) is 57.5 Å². The molecule has 1 aliphatic rings. The second-order valence-electron chi connectivity index (χ2n) is 5.81. The van der Waals surface area contributed by atoms with Gasteiger partial charge in [-0.15, -0.1) is 0 Å². The standard InChI is InChI=1S/C15H27N3O/c1-3-15(2,18-8-5-4-6-9-18)14(17-16)11-13-7-10-19-12-13/h7,10,12,14,17H,3-6,8-9,11,16H2,1-2H3. The molecule has 0 aliphatic carbocycles. The molecule has 0 aromatic carbocycles. The molecule has 2 atom stereocenters. The molecular formula is C15H27N3O. The molecule has 3 N–H and O–H groups in total. The Balaban J connectivity index is 2.11. The topological polar surface area (TPSA) is 54.4 Å². The van der Waals surface area contributed by atoms with Gasteiger partial charge in [-0.25, -0.2) is 0 Å². The predicted molar refractivity (Wildman–Crippen MR) is 77.6 cm³/mol. The van der Waals surface area contributed by atoms with E-state index in [2.05, 4.69) is 24.2 Å². The molecule has 4 nitrogen and oxygen atoms in total. The van der Waals surface area contributed by atoms with Gasteiger partial charge in [0.25, 0.3) is 0 Å². The van der Waals surface area contributed by atoms with Gasteiger partial charge in [0.2, 0.25) is 0 Å². The maximum absolute atomic E-state index is 5.85. The number of likely N-dealkylation sites (tertiary alicyclic amines) is 1. The first-order chi connectivity index (χ1) is 9.20. The third kappa shape index (κ3) is 3.19. The largest absolute Gasteiger partial charge is 0.472 e. The Morgan fingerprint density at radius 3 is 2.68 bits per heavy atom. The van der Waals surface area contributed by atoms with E-state index < -0.39 is 0 Å². The zero-order valence-electron chi connectivity index (χ0n) is 12.2. The lowest BCUT2D eigenvalue weighted by Crippen LogP contribution is -2.62. The minimum absolute atomic E-state index is 0.104. The third-order valence-corrected chi connectivity index (χ3v) is 4.77. The van der Waals surface area contributed by atoms with E-state index in [9.17, 15) is 0 Å². The Morgan fingerprint density at radius 2 is 2.16 bits per heavy atom. The molecule has 0 saturated carbocycles. The molecule has 0 radical (unpaired) electrons. The first-order valence-corrected chi connectivity index (χ1v) is 7.43. The maximum Gasteiger partial charge on any atom is 0.0935 e. The highest BCUT2D eigenvalue weighted by Crippen LogP contribution is 2.29. The summed E-state index contributed by atoms with van der Waals surface area (Å²) in [7, 11) is 0. The van der Waals surface area contributed by atoms with Crippen LogP contribution in [0.3, 0.4) is 0 Å². The van der Waals surface area contributed by atoms with E-state index in [1.165, 1.54) is 37.9 Å². The molecule has 4 heteroatoms. The van der Waals surface area contributed by atoms with Gasteiger partial charge in [-0.1, -0.05) is 13.3 Å². The van der Waals surface area contributed by atoms with Gasteiger partial charge in [-0.2, -0.15) is 0 Å². The van der Waals surface area contributed by atoms with E-state index >= 15 is 0 Å². The Bertz CT molecular complexity index is 359. The van der Waals surface area contributed by atoms with Crippen molar-refractivity contribution in [3.63, 3.8) is 0 Å². The van der Waals surface area contributed by atoms with Crippen molar-refractivity contribution in [1.29, 1.82) is 0 Å². The molecule has 2 rings (SSSR count). The molecule has 1 fully saturated rings. The summed E-state index contributed by atoms with van der Waals surface area (Å²) in [5, 5.41) is 0. The van der Waals surface area contributed by atoms with Crippen LogP contribution in [0.15, 0.2) is 23.0 Å². The van der Waals surface area contributed by atoms with E-state index in [0.29, 0.717) is 0 Å². The summed E-state index contributed by atoms with van der Waals surface area (Å²) in [4.78, 5) is 2.61. The van der Waals surface area contributed by atoms with Crippen LogP contribution in [0.5, 0.6) is 0 Å². The van der Waals surface area contributed by atoms with Crippen LogP contribution in [0.2, 0.25) is 0 Å². The zero-order chi connectivity index (χ0) is 13.7. The summed E-state index contributed by atoms with van der Waals surface area (Å²) in [5.74, 6) is 5.85. The summed E-state index contributed by atoms with van der Waals surface area (Å²) in [6.07, 6.45) is 9.52. The number of nitrogens with zero attached hydrogens (tertiary/aromatic N) is 1. The molecule has 0 bridgehead atoms. The summed E-state index contributed by atoms with van der Waals surface area (Å²) < 4.78 is 5.17. The van der Waals surface area contributed by atoms with Crippen LogP contribution in [-0.2, 0) is 6.42 Å². The van der Waals surface area contributed by atoms with Crippen molar-refractivity contribution in [3.8, 4) is 0 Å². The quantitative estimate of drug-likeness (QED) is 0.612. The molecule has 1 saturated heterocycles. The summed E-state index contributed by atoms with van der Waals surface area (Å²) >= 11 is 0. The third-order valence-electron chi connectivity index (χ3n) is 4.77. The number of piperidine rings is 1. The second-order valence-corrected chi connectivity index (χ2v) is 5.81. The minimum atomic E-state index is 0.104. The highest BCUT2D eigenvalue weighted by Gasteiger charge is 2.38. The van der Waals surface area contributed by atoms with Crippen molar-refractivity contribution < 1.29 is 4.42 Å². The van der Waals surface area contributed by atoms with Crippen LogP contribution >= 0.6 is 0 Å². The van der Waals surface area contributed by atoms with Crippen LogP contribution in [0.25, 0.3) is 0 Å². The Hall–Kier alpha value is -0.840. The number of hydrogen-bond donors (Lipinski definition) is 2. The van der Waals surface area contributed by atoms with Crippen molar-refractivity contribution in [1.82, 2.24) is 10.3 Å².